The number of likely N-dealkylation sites (tertiary alicyclic amines) is 1. The summed E-state index contributed by atoms with van der Waals surface area (Å²) in [6.45, 7) is 3.47. The molecule has 2 aliphatic heterocycles. The van der Waals surface area contributed by atoms with Crippen LogP contribution in [0.15, 0.2) is 40.0 Å². The van der Waals surface area contributed by atoms with E-state index >= 15 is 0 Å². The van der Waals surface area contributed by atoms with Crippen molar-refractivity contribution in [1.82, 2.24) is 20.5 Å². The Bertz CT molecular complexity index is 1430. The highest BCUT2D eigenvalue weighted by Gasteiger charge is 2.38. The van der Waals surface area contributed by atoms with Crippen LogP contribution in [-0.2, 0) is 28.7 Å². The lowest BCUT2D eigenvalue weighted by molar-refractivity contribution is -0.154. The van der Waals surface area contributed by atoms with E-state index < -0.39 is 46.5 Å². The van der Waals surface area contributed by atoms with Crippen molar-refractivity contribution in [2.45, 2.75) is 32.7 Å². The molecule has 2 aromatic rings. The molecule has 0 spiro atoms. The molecule has 2 amide bonds. The molecule has 4 rings (SSSR count). The maximum Gasteiger partial charge on any atom is 0.396 e. The molecule has 11 nitrogen and oxygen atoms in total. The first-order valence-electron chi connectivity index (χ1n) is 13.2. The van der Waals surface area contributed by atoms with E-state index in [4.69, 9.17) is 16.3 Å². The van der Waals surface area contributed by atoms with Crippen molar-refractivity contribution >= 4 is 52.5 Å². The fraction of sp³-hybridized carbons (Fsp3) is 0.407. The highest BCUT2D eigenvalue weighted by atomic mass is 35.5. The van der Waals surface area contributed by atoms with E-state index in [1.807, 2.05) is 0 Å². The number of allylic oxidation sites excluding steroid dienone is 1. The van der Waals surface area contributed by atoms with Crippen LogP contribution < -0.4 is 10.6 Å². The number of esters is 2. The Kier molecular flexibility index (Phi) is 10.2. The third kappa shape index (κ3) is 6.76. The smallest absolute Gasteiger partial charge is 0.396 e. The number of hydrogen-bond donors (Lipinski definition) is 2. The summed E-state index contributed by atoms with van der Waals surface area (Å²) in [6.07, 6.45) is 2.40. The average molecular weight is 624 g/mol. The second-order valence-electron chi connectivity index (χ2n) is 9.21. The fourth-order valence-corrected chi connectivity index (χ4v) is 5.55. The molecular formula is C27H28ClF2N5O6S. The molecule has 1 aromatic carbocycles. The lowest BCUT2D eigenvalue weighted by atomic mass is 9.85. The van der Waals surface area contributed by atoms with Gasteiger partial charge in [-0.25, -0.2) is 23.4 Å². The van der Waals surface area contributed by atoms with E-state index in [2.05, 4.69) is 25.3 Å². The third-order valence-corrected chi connectivity index (χ3v) is 7.85. The number of nitrogens with one attached hydrogen (secondary N) is 2. The molecule has 1 unspecified atom stereocenters. The van der Waals surface area contributed by atoms with Gasteiger partial charge >= 0.3 is 17.8 Å². The van der Waals surface area contributed by atoms with Gasteiger partial charge in [0.15, 0.2) is 22.5 Å². The van der Waals surface area contributed by atoms with E-state index in [1.54, 1.807) is 25.4 Å². The highest BCUT2D eigenvalue weighted by Crippen LogP contribution is 2.40. The zero-order valence-corrected chi connectivity index (χ0v) is 24.3. The van der Waals surface area contributed by atoms with Crippen LogP contribution in [0.4, 0.5) is 8.78 Å². The van der Waals surface area contributed by atoms with Crippen LogP contribution in [0.2, 0.25) is 5.02 Å². The normalized spacial score (nSPS) is 17.3. The van der Waals surface area contributed by atoms with Crippen LogP contribution in [0.1, 0.15) is 43.3 Å². The lowest BCUT2D eigenvalue weighted by Crippen LogP contribution is -2.47. The van der Waals surface area contributed by atoms with Crippen LogP contribution in [0.5, 0.6) is 0 Å². The SMILES string of the molecule is CCOC(=O)C(=O)NCC(=O)N1CCC(C2=C(C(=O)OCC)C(c3ccc(F)c(F)c3Cl)N=C(c3nccs3)N2)CC1. The summed E-state index contributed by atoms with van der Waals surface area (Å²) in [5.74, 6) is -5.54. The van der Waals surface area contributed by atoms with Gasteiger partial charge in [0.25, 0.3) is 0 Å². The van der Waals surface area contributed by atoms with Gasteiger partial charge in [-0.2, -0.15) is 0 Å². The second-order valence-corrected chi connectivity index (χ2v) is 10.5. The molecule has 2 aliphatic rings. The van der Waals surface area contributed by atoms with E-state index in [9.17, 15) is 28.0 Å². The predicted molar refractivity (Wildman–Crippen MR) is 149 cm³/mol. The van der Waals surface area contributed by atoms with Crippen LogP contribution in [0.3, 0.4) is 0 Å². The van der Waals surface area contributed by atoms with Crippen LogP contribution in [-0.4, -0.2) is 72.3 Å². The number of ether oxygens (including phenoxy) is 2. The minimum absolute atomic E-state index is 0.0313. The van der Waals surface area contributed by atoms with Crippen molar-refractivity contribution in [2.75, 3.05) is 32.8 Å². The van der Waals surface area contributed by atoms with Gasteiger partial charge in [0.05, 0.1) is 30.4 Å². The van der Waals surface area contributed by atoms with Gasteiger partial charge in [0.1, 0.15) is 6.04 Å². The summed E-state index contributed by atoms with van der Waals surface area (Å²) in [7, 11) is 0. The number of piperidine rings is 1. The fourth-order valence-electron chi connectivity index (χ4n) is 4.70. The topological polar surface area (TPSA) is 139 Å². The van der Waals surface area contributed by atoms with Gasteiger partial charge in [-0.1, -0.05) is 17.7 Å². The van der Waals surface area contributed by atoms with Gasteiger partial charge in [-0.15, -0.1) is 11.3 Å². The molecule has 1 saturated heterocycles. The van der Waals surface area contributed by atoms with E-state index in [1.165, 1.54) is 22.3 Å². The number of rotatable bonds is 8. The van der Waals surface area contributed by atoms with Gasteiger partial charge < -0.3 is 25.0 Å². The van der Waals surface area contributed by atoms with Crippen molar-refractivity contribution in [1.29, 1.82) is 0 Å². The maximum atomic E-state index is 14.6. The number of amides is 2. The second kappa shape index (κ2) is 13.8. The molecule has 3 heterocycles. The summed E-state index contributed by atoms with van der Waals surface area (Å²) in [4.78, 5) is 59.9. The predicted octanol–water partition coefficient (Wildman–Crippen LogP) is 2.90. The molecule has 15 heteroatoms. The average Bonchev–Trinajstić information content (AvgIpc) is 3.53. The molecule has 42 heavy (non-hydrogen) atoms. The Morgan fingerprint density at radius 1 is 1.14 bits per heavy atom. The first-order chi connectivity index (χ1) is 20.2. The van der Waals surface area contributed by atoms with Crippen molar-refractivity contribution in [3.63, 3.8) is 0 Å². The molecule has 1 atom stereocenters. The summed E-state index contributed by atoms with van der Waals surface area (Å²) in [5, 5.41) is 7.22. The first kappa shape index (κ1) is 31.0. The largest absolute Gasteiger partial charge is 0.463 e. The Balaban J connectivity index is 1.62. The Labute approximate surface area is 248 Å². The van der Waals surface area contributed by atoms with Crippen molar-refractivity contribution < 1.29 is 37.4 Å². The molecule has 0 saturated carbocycles. The summed E-state index contributed by atoms with van der Waals surface area (Å²) in [5.41, 5.74) is 0.635. The molecule has 1 aromatic heterocycles. The first-order valence-corrected chi connectivity index (χ1v) is 14.4. The lowest BCUT2D eigenvalue weighted by Gasteiger charge is -2.36. The minimum Gasteiger partial charge on any atom is -0.463 e. The maximum absolute atomic E-state index is 14.6. The molecular weight excluding hydrogens is 596 g/mol. The number of benzene rings is 1. The van der Waals surface area contributed by atoms with Crippen LogP contribution in [0, 0.1) is 17.6 Å². The summed E-state index contributed by atoms with van der Waals surface area (Å²) in [6, 6.07) is 1.08. The standard InChI is InChI=1S/C27H28ClF2N5O6S/c1-3-40-26(38)18-21(14-7-10-35(11-8-14)17(36)13-32-24(37)27(39)41-4-2)33-23(25-31-9-12-42-25)34-22(18)15-5-6-16(29)20(30)19(15)28/h5-6,9,12,14,22H,3-4,7-8,10-11,13H2,1-2H3,(H,32,37)(H,33,34). The Morgan fingerprint density at radius 3 is 2.50 bits per heavy atom. The molecule has 0 radical (unpaired) electrons. The molecule has 224 valence electrons. The number of thiazole rings is 1. The van der Waals surface area contributed by atoms with E-state index in [-0.39, 0.29) is 49.9 Å². The molecule has 0 bridgehead atoms. The van der Waals surface area contributed by atoms with E-state index in [0.29, 0.717) is 29.4 Å². The van der Waals surface area contributed by atoms with Crippen molar-refractivity contribution in [3.8, 4) is 0 Å². The molecule has 2 N–H and O–H groups in total. The van der Waals surface area contributed by atoms with Crippen LogP contribution >= 0.6 is 22.9 Å². The van der Waals surface area contributed by atoms with Gasteiger partial charge in [-0.3, -0.25) is 14.6 Å². The van der Waals surface area contributed by atoms with Gasteiger partial charge in [0.2, 0.25) is 5.91 Å². The molecule has 0 aliphatic carbocycles. The number of hydrogen-bond acceptors (Lipinski definition) is 10. The van der Waals surface area contributed by atoms with Crippen molar-refractivity contribution in [2.24, 2.45) is 10.9 Å². The third-order valence-electron chi connectivity index (χ3n) is 6.68. The Hall–Kier alpha value is -3.91. The Morgan fingerprint density at radius 2 is 1.86 bits per heavy atom. The highest BCUT2D eigenvalue weighted by molar-refractivity contribution is 7.11. The van der Waals surface area contributed by atoms with E-state index in [0.717, 1.165) is 6.07 Å². The zero-order chi connectivity index (χ0) is 30.4. The van der Waals surface area contributed by atoms with Gasteiger partial charge in [0, 0.05) is 41.8 Å². The molecule has 1 fully saturated rings. The number of carbonyl (C=O) groups is 4. The summed E-state index contributed by atoms with van der Waals surface area (Å²) >= 11 is 7.52. The van der Waals surface area contributed by atoms with Gasteiger partial charge in [-0.05, 0) is 32.8 Å². The van der Waals surface area contributed by atoms with Crippen molar-refractivity contribution in [3.05, 3.63) is 62.2 Å². The number of carbonyl (C=O) groups excluding carboxylic acids is 4. The monoisotopic (exact) mass is 623 g/mol. The number of halogens is 3. The number of aromatic nitrogens is 1. The number of nitrogens with zero attached hydrogens (tertiary/aromatic N) is 3. The zero-order valence-electron chi connectivity index (χ0n) is 22.7. The quantitative estimate of drug-likeness (QED) is 0.260. The number of amidine groups is 1. The summed E-state index contributed by atoms with van der Waals surface area (Å²) < 4.78 is 38.5. The minimum atomic E-state index is -1.26. The number of aliphatic imine (C=N–C) groups is 1. The van der Waals surface area contributed by atoms with Crippen LogP contribution in [0.25, 0.3) is 0 Å².